The summed E-state index contributed by atoms with van der Waals surface area (Å²) in [6.45, 7) is 5.95. The van der Waals surface area contributed by atoms with Gasteiger partial charge in [-0.05, 0) is 74.9 Å². The molecule has 4 rings (SSSR count). The fourth-order valence-corrected chi connectivity index (χ4v) is 3.00. The Hall–Kier alpha value is -4.27. The highest BCUT2D eigenvalue weighted by Crippen LogP contribution is 2.23. The average molecular weight is 432 g/mol. The van der Waals surface area contributed by atoms with Crippen LogP contribution in [0.25, 0.3) is 5.82 Å². The lowest BCUT2D eigenvalue weighted by Crippen LogP contribution is -2.19. The van der Waals surface area contributed by atoms with E-state index >= 15 is 0 Å². The largest absolute Gasteiger partial charge is 0.439 e. The van der Waals surface area contributed by atoms with Crippen molar-refractivity contribution in [1.29, 1.82) is 0 Å². The normalized spacial score (nSPS) is 10.6. The van der Waals surface area contributed by atoms with E-state index in [0.29, 0.717) is 28.8 Å². The Balaban J connectivity index is 1.41. The van der Waals surface area contributed by atoms with Gasteiger partial charge in [0.15, 0.2) is 5.82 Å². The molecule has 0 fully saturated rings. The van der Waals surface area contributed by atoms with Gasteiger partial charge in [-0.2, -0.15) is 5.10 Å². The minimum Gasteiger partial charge on any atom is -0.439 e. The number of halogens is 1. The van der Waals surface area contributed by atoms with Crippen LogP contribution in [-0.4, -0.2) is 25.8 Å². The van der Waals surface area contributed by atoms with Crippen molar-refractivity contribution < 1.29 is 13.9 Å². The van der Waals surface area contributed by atoms with Gasteiger partial charge >= 0.3 is 6.03 Å². The van der Waals surface area contributed by atoms with Crippen LogP contribution in [0, 0.1) is 26.6 Å². The number of hydrogen-bond donors (Lipinski definition) is 2. The molecule has 0 aliphatic carbocycles. The van der Waals surface area contributed by atoms with E-state index in [0.717, 1.165) is 17.0 Å². The van der Waals surface area contributed by atoms with Gasteiger partial charge in [-0.1, -0.05) is 0 Å². The van der Waals surface area contributed by atoms with Crippen molar-refractivity contribution >= 4 is 17.4 Å². The Kier molecular flexibility index (Phi) is 5.80. The van der Waals surface area contributed by atoms with Crippen LogP contribution in [0.5, 0.6) is 11.6 Å². The van der Waals surface area contributed by atoms with Gasteiger partial charge in [-0.3, -0.25) is 0 Å². The number of nitrogens with zero attached hydrogens (tertiary/aromatic N) is 4. The highest BCUT2D eigenvalue weighted by atomic mass is 19.1. The van der Waals surface area contributed by atoms with Crippen molar-refractivity contribution in [3.8, 4) is 17.4 Å². The van der Waals surface area contributed by atoms with Crippen molar-refractivity contribution in [2.24, 2.45) is 0 Å². The molecule has 2 N–H and O–H groups in total. The number of ether oxygens (including phenoxy) is 1. The summed E-state index contributed by atoms with van der Waals surface area (Å²) in [5.74, 6) is 1.16. The van der Waals surface area contributed by atoms with Crippen molar-refractivity contribution in [3.63, 3.8) is 0 Å². The summed E-state index contributed by atoms with van der Waals surface area (Å²) in [4.78, 5) is 20.5. The SMILES string of the molecule is Cc1nn(-c2cc(Oc3ccc(NC(=O)Nc4ccc(F)cc4)cc3)ncn2)c(C)c1C. The highest BCUT2D eigenvalue weighted by Gasteiger charge is 2.11. The fraction of sp³-hybridized carbons (Fsp3) is 0.130. The van der Waals surface area contributed by atoms with Gasteiger partial charge in [-0.15, -0.1) is 0 Å². The van der Waals surface area contributed by atoms with Crippen molar-refractivity contribution in [2.45, 2.75) is 20.8 Å². The standard InChI is InChI=1S/C23H21FN6O2/c1-14-15(2)29-30(16(14)3)21-12-22(26-13-25-21)32-20-10-8-19(9-11-20)28-23(31)27-18-6-4-17(24)5-7-18/h4-13H,1-3H3,(H2,27,28,31). The lowest BCUT2D eigenvalue weighted by atomic mass is 10.2. The summed E-state index contributed by atoms with van der Waals surface area (Å²) in [6, 6.07) is 13.6. The molecule has 0 saturated heterocycles. The molecule has 0 aliphatic heterocycles. The molecular formula is C23H21FN6O2. The third-order valence-corrected chi connectivity index (χ3v) is 4.93. The maximum absolute atomic E-state index is 13.0. The van der Waals surface area contributed by atoms with Gasteiger partial charge in [0.25, 0.3) is 0 Å². The first-order chi connectivity index (χ1) is 15.4. The smallest absolute Gasteiger partial charge is 0.323 e. The number of hydrogen-bond acceptors (Lipinski definition) is 5. The number of carbonyl (C=O) groups is 1. The molecule has 2 amide bonds. The average Bonchev–Trinajstić information content (AvgIpc) is 3.04. The second kappa shape index (κ2) is 8.84. The second-order valence-corrected chi connectivity index (χ2v) is 7.13. The molecule has 8 nitrogen and oxygen atoms in total. The third-order valence-electron chi connectivity index (χ3n) is 4.93. The predicted molar refractivity (Wildman–Crippen MR) is 119 cm³/mol. The first-order valence-corrected chi connectivity index (χ1v) is 9.86. The van der Waals surface area contributed by atoms with Crippen LogP contribution in [-0.2, 0) is 0 Å². The van der Waals surface area contributed by atoms with E-state index < -0.39 is 6.03 Å². The van der Waals surface area contributed by atoms with E-state index in [2.05, 4.69) is 25.7 Å². The van der Waals surface area contributed by atoms with Gasteiger partial charge < -0.3 is 15.4 Å². The zero-order chi connectivity index (χ0) is 22.7. The van der Waals surface area contributed by atoms with E-state index in [1.54, 1.807) is 35.0 Å². The number of urea groups is 1. The Labute approximate surface area is 184 Å². The summed E-state index contributed by atoms with van der Waals surface area (Å²) in [6.07, 6.45) is 1.42. The Morgan fingerprint density at radius 1 is 0.938 bits per heavy atom. The topological polar surface area (TPSA) is 94.0 Å². The van der Waals surface area contributed by atoms with E-state index in [-0.39, 0.29) is 5.82 Å². The predicted octanol–water partition coefficient (Wildman–Crippen LogP) is 5.16. The molecule has 2 aromatic heterocycles. The van der Waals surface area contributed by atoms with Crippen LogP contribution in [0.15, 0.2) is 60.9 Å². The fourth-order valence-electron chi connectivity index (χ4n) is 3.00. The molecule has 2 aromatic carbocycles. The minimum absolute atomic E-state index is 0.368. The van der Waals surface area contributed by atoms with Crippen LogP contribution >= 0.6 is 0 Å². The molecule has 4 aromatic rings. The number of benzene rings is 2. The lowest BCUT2D eigenvalue weighted by molar-refractivity contribution is 0.262. The van der Waals surface area contributed by atoms with Crippen LogP contribution in [0.3, 0.4) is 0 Å². The van der Waals surface area contributed by atoms with E-state index in [4.69, 9.17) is 4.74 Å². The molecule has 0 bridgehead atoms. The number of aryl methyl sites for hydroxylation is 1. The zero-order valence-corrected chi connectivity index (χ0v) is 17.8. The number of nitrogens with one attached hydrogen (secondary N) is 2. The Morgan fingerprint density at radius 3 is 2.16 bits per heavy atom. The van der Waals surface area contributed by atoms with Crippen LogP contribution in [0.1, 0.15) is 17.0 Å². The first-order valence-electron chi connectivity index (χ1n) is 9.86. The molecule has 0 unspecified atom stereocenters. The van der Waals surface area contributed by atoms with Crippen molar-refractivity contribution in [1.82, 2.24) is 19.7 Å². The summed E-state index contributed by atoms with van der Waals surface area (Å²) in [5, 5.41) is 9.84. The number of carbonyl (C=O) groups excluding carboxylic acids is 1. The van der Waals surface area contributed by atoms with Gasteiger partial charge in [0, 0.05) is 23.1 Å². The minimum atomic E-state index is -0.439. The van der Waals surface area contributed by atoms with Gasteiger partial charge in [-0.25, -0.2) is 23.8 Å². The monoisotopic (exact) mass is 432 g/mol. The summed E-state index contributed by atoms with van der Waals surface area (Å²) in [5.41, 5.74) is 4.11. The number of rotatable bonds is 5. The zero-order valence-electron chi connectivity index (χ0n) is 17.8. The van der Waals surface area contributed by atoms with Gasteiger partial charge in [0.05, 0.1) is 5.69 Å². The molecule has 162 valence electrons. The lowest BCUT2D eigenvalue weighted by Gasteiger charge is -2.10. The Bertz CT molecular complexity index is 1250. The van der Waals surface area contributed by atoms with E-state index in [1.807, 2.05) is 20.8 Å². The first kappa shape index (κ1) is 21.0. The molecule has 9 heteroatoms. The highest BCUT2D eigenvalue weighted by molar-refractivity contribution is 5.99. The second-order valence-electron chi connectivity index (χ2n) is 7.13. The molecule has 0 atom stereocenters. The quantitative estimate of drug-likeness (QED) is 0.454. The Morgan fingerprint density at radius 2 is 1.56 bits per heavy atom. The maximum atomic E-state index is 13.0. The number of anilines is 2. The van der Waals surface area contributed by atoms with Gasteiger partial charge in [0.2, 0.25) is 5.88 Å². The van der Waals surface area contributed by atoms with Crippen LogP contribution < -0.4 is 15.4 Å². The molecule has 0 aliphatic rings. The summed E-state index contributed by atoms with van der Waals surface area (Å²) in [7, 11) is 0. The molecule has 32 heavy (non-hydrogen) atoms. The third kappa shape index (κ3) is 4.72. The number of amides is 2. The molecule has 0 saturated carbocycles. The van der Waals surface area contributed by atoms with E-state index in [1.165, 1.54) is 30.6 Å². The molecule has 0 spiro atoms. The van der Waals surface area contributed by atoms with E-state index in [9.17, 15) is 9.18 Å². The summed E-state index contributed by atoms with van der Waals surface area (Å²) < 4.78 is 20.5. The van der Waals surface area contributed by atoms with Crippen molar-refractivity contribution in [2.75, 3.05) is 10.6 Å². The number of aromatic nitrogens is 4. The molecule has 2 heterocycles. The molecular weight excluding hydrogens is 411 g/mol. The van der Waals surface area contributed by atoms with Crippen molar-refractivity contribution in [3.05, 3.63) is 83.7 Å². The van der Waals surface area contributed by atoms with Crippen LogP contribution in [0.4, 0.5) is 20.6 Å². The van der Waals surface area contributed by atoms with Gasteiger partial charge in [0.1, 0.15) is 17.9 Å². The summed E-state index contributed by atoms with van der Waals surface area (Å²) >= 11 is 0. The maximum Gasteiger partial charge on any atom is 0.323 e. The van der Waals surface area contributed by atoms with Crippen LogP contribution in [0.2, 0.25) is 0 Å². The molecule has 0 radical (unpaired) electrons.